The van der Waals surface area contributed by atoms with Crippen LogP contribution in [0.5, 0.6) is 0 Å². The maximum atomic E-state index is 9.19. The maximum absolute atomic E-state index is 9.19. The molecule has 2 rings (SSSR count). The number of fused-ring (bicyclic) bond motifs is 1. The van der Waals surface area contributed by atoms with Crippen LogP contribution in [0.3, 0.4) is 0 Å². The lowest BCUT2D eigenvalue weighted by atomic mass is 10.1. The quantitative estimate of drug-likeness (QED) is 0.610. The van der Waals surface area contributed by atoms with Crippen molar-refractivity contribution < 1.29 is 5.11 Å². The molecule has 0 radical (unpaired) electrons. The molecular weight excluding hydrogens is 214 g/mol. The highest BCUT2D eigenvalue weighted by atomic mass is 32.2. The Hall–Kier alpha value is -0.710. The van der Waals surface area contributed by atoms with Gasteiger partial charge in [0.2, 0.25) is 0 Å². The molecule has 0 aliphatic rings. The van der Waals surface area contributed by atoms with E-state index in [1.807, 2.05) is 17.7 Å². The van der Waals surface area contributed by atoms with E-state index in [9.17, 15) is 5.11 Å². The van der Waals surface area contributed by atoms with Crippen molar-refractivity contribution in [1.29, 1.82) is 0 Å². The van der Waals surface area contributed by atoms with Gasteiger partial charge in [-0.15, -0.1) is 23.1 Å². The van der Waals surface area contributed by atoms with Gasteiger partial charge in [0.1, 0.15) is 0 Å². The molecule has 0 unspecified atom stereocenters. The third-order valence-electron chi connectivity index (χ3n) is 2.17. The van der Waals surface area contributed by atoms with Gasteiger partial charge in [0.05, 0.1) is 6.61 Å². The second-order valence-corrected chi connectivity index (χ2v) is 4.71. The van der Waals surface area contributed by atoms with Gasteiger partial charge in [0.15, 0.2) is 0 Å². The first-order valence-electron chi connectivity index (χ1n) is 4.21. The Morgan fingerprint density at radius 2 is 2.36 bits per heavy atom. The van der Waals surface area contributed by atoms with Gasteiger partial charge in [-0.2, -0.15) is 0 Å². The number of thiophene rings is 1. The minimum absolute atomic E-state index is 0.0515. The van der Waals surface area contributed by atoms with Crippen molar-refractivity contribution in [2.75, 3.05) is 12.0 Å². The number of nitrogen functional groups attached to an aromatic ring is 1. The zero-order valence-corrected chi connectivity index (χ0v) is 9.41. The van der Waals surface area contributed by atoms with Gasteiger partial charge in [-0.05, 0) is 29.3 Å². The fourth-order valence-electron chi connectivity index (χ4n) is 1.56. The van der Waals surface area contributed by atoms with Crippen LogP contribution in [-0.4, -0.2) is 11.4 Å². The summed E-state index contributed by atoms with van der Waals surface area (Å²) in [7, 11) is 0. The summed E-state index contributed by atoms with van der Waals surface area (Å²) in [4.78, 5) is 1.11. The van der Waals surface area contributed by atoms with Crippen LogP contribution in [0.2, 0.25) is 0 Å². The second-order valence-electron chi connectivity index (χ2n) is 2.98. The maximum Gasteiger partial charge on any atom is 0.0696 e. The number of hydrogen-bond donors (Lipinski definition) is 2. The number of aliphatic hydroxyl groups is 1. The molecule has 0 amide bonds. The van der Waals surface area contributed by atoms with Crippen molar-refractivity contribution in [2.24, 2.45) is 0 Å². The monoisotopic (exact) mass is 225 g/mol. The number of hydrogen-bond acceptors (Lipinski definition) is 4. The first-order valence-corrected chi connectivity index (χ1v) is 6.31. The lowest BCUT2D eigenvalue weighted by Crippen LogP contribution is -1.92. The zero-order chi connectivity index (χ0) is 10.1. The molecule has 0 fully saturated rings. The Morgan fingerprint density at radius 1 is 1.57 bits per heavy atom. The molecule has 0 saturated carbocycles. The molecule has 0 saturated heterocycles. The van der Waals surface area contributed by atoms with Crippen molar-refractivity contribution in [3.63, 3.8) is 0 Å². The van der Waals surface area contributed by atoms with E-state index in [1.165, 1.54) is 0 Å². The molecule has 74 valence electrons. The van der Waals surface area contributed by atoms with E-state index in [-0.39, 0.29) is 6.61 Å². The Balaban J connectivity index is 2.81. The Morgan fingerprint density at radius 3 is 3.00 bits per heavy atom. The molecule has 2 aromatic rings. The van der Waals surface area contributed by atoms with Crippen LogP contribution in [0.15, 0.2) is 22.4 Å². The van der Waals surface area contributed by atoms with Crippen molar-refractivity contribution >= 4 is 38.9 Å². The molecule has 1 aromatic carbocycles. The molecule has 2 nitrogen and oxygen atoms in total. The fraction of sp³-hybridized carbons (Fsp3) is 0.200. The van der Waals surface area contributed by atoms with Crippen molar-refractivity contribution in [2.45, 2.75) is 11.5 Å². The van der Waals surface area contributed by atoms with Crippen LogP contribution < -0.4 is 5.73 Å². The lowest BCUT2D eigenvalue weighted by Gasteiger charge is -2.07. The summed E-state index contributed by atoms with van der Waals surface area (Å²) < 4.78 is 1.14. The van der Waals surface area contributed by atoms with Crippen LogP contribution in [0.25, 0.3) is 10.1 Å². The van der Waals surface area contributed by atoms with Crippen LogP contribution in [-0.2, 0) is 6.61 Å². The minimum atomic E-state index is 0.0515. The number of thioether (sulfide) groups is 1. The highest BCUT2D eigenvalue weighted by molar-refractivity contribution is 7.99. The topological polar surface area (TPSA) is 46.2 Å². The smallest absolute Gasteiger partial charge is 0.0696 e. The van der Waals surface area contributed by atoms with Gasteiger partial charge >= 0.3 is 0 Å². The standard InChI is InChI=1S/C10H11NOS2/c1-13-10-7-2-3-14-9(7)6(5-12)4-8(10)11/h2-4,12H,5,11H2,1H3. The highest BCUT2D eigenvalue weighted by Crippen LogP contribution is 2.37. The fourth-order valence-corrected chi connectivity index (χ4v) is 3.22. The molecule has 1 heterocycles. The summed E-state index contributed by atoms with van der Waals surface area (Å²) in [5.41, 5.74) is 7.58. The Labute approximate surface area is 90.7 Å². The predicted molar refractivity (Wildman–Crippen MR) is 63.9 cm³/mol. The molecule has 0 aliphatic heterocycles. The number of aliphatic hydroxyl groups excluding tert-OH is 1. The second kappa shape index (κ2) is 3.81. The Bertz CT molecular complexity index is 464. The third kappa shape index (κ3) is 1.39. The highest BCUT2D eigenvalue weighted by Gasteiger charge is 2.09. The van der Waals surface area contributed by atoms with Gasteiger partial charge in [0, 0.05) is 20.7 Å². The zero-order valence-electron chi connectivity index (χ0n) is 7.78. The van der Waals surface area contributed by atoms with E-state index in [0.717, 1.165) is 26.2 Å². The van der Waals surface area contributed by atoms with Crippen LogP contribution >= 0.6 is 23.1 Å². The van der Waals surface area contributed by atoms with E-state index >= 15 is 0 Å². The third-order valence-corrected chi connectivity index (χ3v) is 4.02. The average Bonchev–Trinajstić information content (AvgIpc) is 2.65. The summed E-state index contributed by atoms with van der Waals surface area (Å²) in [5, 5.41) is 12.4. The average molecular weight is 225 g/mol. The molecular formula is C10H11NOS2. The van der Waals surface area contributed by atoms with Gasteiger partial charge in [-0.1, -0.05) is 0 Å². The van der Waals surface area contributed by atoms with Crippen LogP contribution in [0, 0.1) is 0 Å². The van der Waals surface area contributed by atoms with E-state index in [4.69, 9.17) is 5.73 Å². The minimum Gasteiger partial charge on any atom is -0.398 e. The van der Waals surface area contributed by atoms with Crippen molar-refractivity contribution in [3.05, 3.63) is 23.1 Å². The molecule has 0 atom stereocenters. The van der Waals surface area contributed by atoms with Crippen molar-refractivity contribution in [3.8, 4) is 0 Å². The van der Waals surface area contributed by atoms with Crippen molar-refractivity contribution in [1.82, 2.24) is 0 Å². The SMILES string of the molecule is CSc1c(N)cc(CO)c2sccc12. The molecule has 0 spiro atoms. The summed E-state index contributed by atoms with van der Waals surface area (Å²) in [5.74, 6) is 0. The number of benzene rings is 1. The summed E-state index contributed by atoms with van der Waals surface area (Å²) >= 11 is 3.30. The lowest BCUT2D eigenvalue weighted by molar-refractivity contribution is 0.283. The first-order chi connectivity index (χ1) is 6.77. The first kappa shape index (κ1) is 9.83. The van der Waals surface area contributed by atoms with Gasteiger partial charge in [0.25, 0.3) is 0 Å². The normalized spacial score (nSPS) is 11.0. The summed E-state index contributed by atoms with van der Waals surface area (Å²) in [6, 6.07) is 3.92. The van der Waals surface area contributed by atoms with E-state index in [1.54, 1.807) is 23.1 Å². The van der Waals surface area contributed by atoms with E-state index < -0.39 is 0 Å². The van der Waals surface area contributed by atoms with E-state index in [2.05, 4.69) is 6.07 Å². The van der Waals surface area contributed by atoms with Gasteiger partial charge in [-0.3, -0.25) is 0 Å². The van der Waals surface area contributed by atoms with Gasteiger partial charge < -0.3 is 10.8 Å². The summed E-state index contributed by atoms with van der Waals surface area (Å²) in [6.07, 6.45) is 2.02. The van der Waals surface area contributed by atoms with Crippen LogP contribution in [0.4, 0.5) is 5.69 Å². The van der Waals surface area contributed by atoms with Crippen LogP contribution in [0.1, 0.15) is 5.56 Å². The molecule has 1 aromatic heterocycles. The molecule has 4 heteroatoms. The predicted octanol–water partition coefficient (Wildman–Crippen LogP) is 2.70. The molecule has 3 N–H and O–H groups in total. The summed E-state index contributed by atoms with van der Waals surface area (Å²) in [6.45, 7) is 0.0515. The number of rotatable bonds is 2. The molecule has 14 heavy (non-hydrogen) atoms. The van der Waals surface area contributed by atoms with E-state index in [0.29, 0.717) is 0 Å². The number of anilines is 1. The number of nitrogens with two attached hydrogens (primary N) is 1. The molecule has 0 bridgehead atoms. The molecule has 0 aliphatic carbocycles. The Kier molecular flexibility index (Phi) is 2.67. The largest absolute Gasteiger partial charge is 0.398 e. The van der Waals surface area contributed by atoms with Gasteiger partial charge in [-0.25, -0.2) is 0 Å².